The molecule has 16 heavy (non-hydrogen) atoms. The van der Waals surface area contributed by atoms with E-state index in [-0.39, 0.29) is 12.6 Å². The molecule has 0 bridgehead atoms. The summed E-state index contributed by atoms with van der Waals surface area (Å²) in [6, 6.07) is 10.9. The molecule has 0 aliphatic carbocycles. The quantitative estimate of drug-likeness (QED) is 0.766. The van der Waals surface area contributed by atoms with Crippen molar-refractivity contribution in [2.24, 2.45) is 0 Å². The summed E-state index contributed by atoms with van der Waals surface area (Å²) in [5.74, 6) is 1.03. The topological polar surface area (TPSA) is 32.3 Å². The molecule has 2 N–H and O–H groups in total. The van der Waals surface area contributed by atoms with Crippen LogP contribution in [0.15, 0.2) is 30.3 Å². The fourth-order valence-corrected chi connectivity index (χ4v) is 2.30. The Hall–Kier alpha value is -0.510. The highest BCUT2D eigenvalue weighted by atomic mass is 32.2. The third-order valence-electron chi connectivity index (χ3n) is 2.69. The Morgan fingerprint density at radius 3 is 2.50 bits per heavy atom. The normalized spacial score (nSPS) is 14.7. The molecule has 0 radical (unpaired) electrons. The average Bonchev–Trinajstić information content (AvgIpc) is 2.35. The average molecular weight is 239 g/mol. The van der Waals surface area contributed by atoms with Crippen LogP contribution in [-0.4, -0.2) is 29.8 Å². The predicted octanol–water partition coefficient (Wildman–Crippen LogP) is 2.45. The maximum absolute atomic E-state index is 9.22. The van der Waals surface area contributed by atoms with Gasteiger partial charge >= 0.3 is 0 Å². The van der Waals surface area contributed by atoms with Crippen LogP contribution in [0.3, 0.4) is 0 Å². The minimum Gasteiger partial charge on any atom is -0.395 e. The SMILES string of the molecule is CCC(CO)NC(CSC)c1ccccc1. The second-order valence-electron chi connectivity index (χ2n) is 3.87. The van der Waals surface area contributed by atoms with E-state index < -0.39 is 0 Å². The molecule has 0 aromatic heterocycles. The van der Waals surface area contributed by atoms with Crippen molar-refractivity contribution in [3.8, 4) is 0 Å². The maximum atomic E-state index is 9.22. The third kappa shape index (κ3) is 4.16. The zero-order chi connectivity index (χ0) is 11.8. The molecule has 2 atom stereocenters. The third-order valence-corrected chi connectivity index (χ3v) is 3.35. The number of thioether (sulfide) groups is 1. The van der Waals surface area contributed by atoms with Gasteiger partial charge in [0.1, 0.15) is 0 Å². The van der Waals surface area contributed by atoms with Gasteiger partial charge in [-0.2, -0.15) is 11.8 Å². The maximum Gasteiger partial charge on any atom is 0.0584 e. The van der Waals surface area contributed by atoms with Gasteiger partial charge in [-0.3, -0.25) is 0 Å². The van der Waals surface area contributed by atoms with E-state index in [1.807, 2.05) is 17.8 Å². The van der Waals surface area contributed by atoms with E-state index in [0.29, 0.717) is 6.04 Å². The molecule has 3 heteroatoms. The van der Waals surface area contributed by atoms with Crippen LogP contribution >= 0.6 is 11.8 Å². The smallest absolute Gasteiger partial charge is 0.0584 e. The first-order chi connectivity index (χ1) is 7.81. The Bertz CT molecular complexity index is 275. The van der Waals surface area contributed by atoms with Crippen molar-refractivity contribution in [2.75, 3.05) is 18.6 Å². The fourth-order valence-electron chi connectivity index (χ4n) is 1.68. The van der Waals surface area contributed by atoms with Crippen molar-refractivity contribution in [3.63, 3.8) is 0 Å². The van der Waals surface area contributed by atoms with Crippen molar-refractivity contribution < 1.29 is 5.11 Å². The number of hydrogen-bond acceptors (Lipinski definition) is 3. The van der Waals surface area contributed by atoms with Crippen molar-refractivity contribution in [2.45, 2.75) is 25.4 Å². The van der Waals surface area contributed by atoms with Crippen LogP contribution in [0.25, 0.3) is 0 Å². The highest BCUT2D eigenvalue weighted by Gasteiger charge is 2.14. The second kappa shape index (κ2) is 7.71. The lowest BCUT2D eigenvalue weighted by atomic mass is 10.1. The highest BCUT2D eigenvalue weighted by molar-refractivity contribution is 7.98. The lowest BCUT2D eigenvalue weighted by Crippen LogP contribution is -2.36. The van der Waals surface area contributed by atoms with Gasteiger partial charge in [-0.15, -0.1) is 0 Å². The zero-order valence-corrected chi connectivity index (χ0v) is 10.8. The Labute approximate surface area is 102 Å². The molecule has 0 heterocycles. The first kappa shape index (κ1) is 13.6. The summed E-state index contributed by atoms with van der Waals surface area (Å²) in [7, 11) is 0. The molecule has 0 saturated carbocycles. The minimum atomic E-state index is 0.192. The van der Waals surface area contributed by atoms with Gasteiger partial charge in [0.05, 0.1) is 6.61 Å². The van der Waals surface area contributed by atoms with Crippen LogP contribution in [0.1, 0.15) is 24.9 Å². The van der Waals surface area contributed by atoms with Gasteiger partial charge in [-0.1, -0.05) is 37.3 Å². The Morgan fingerprint density at radius 2 is 2.00 bits per heavy atom. The number of aliphatic hydroxyl groups is 1. The zero-order valence-electron chi connectivity index (χ0n) is 10.0. The standard InChI is InChI=1S/C13H21NOS/c1-3-12(9-15)14-13(10-16-2)11-7-5-4-6-8-11/h4-8,12-15H,3,9-10H2,1-2H3. The van der Waals surface area contributed by atoms with E-state index in [2.05, 4.69) is 42.8 Å². The molecule has 1 rings (SSSR count). The van der Waals surface area contributed by atoms with Crippen molar-refractivity contribution in [1.29, 1.82) is 0 Å². The molecule has 90 valence electrons. The van der Waals surface area contributed by atoms with Gasteiger partial charge in [0.25, 0.3) is 0 Å². The first-order valence-electron chi connectivity index (χ1n) is 5.72. The molecule has 1 aromatic carbocycles. The second-order valence-corrected chi connectivity index (χ2v) is 4.78. The summed E-state index contributed by atoms with van der Waals surface area (Å²) in [4.78, 5) is 0. The highest BCUT2D eigenvalue weighted by Crippen LogP contribution is 2.17. The lowest BCUT2D eigenvalue weighted by Gasteiger charge is -2.23. The van der Waals surface area contributed by atoms with Gasteiger partial charge in [-0.25, -0.2) is 0 Å². The van der Waals surface area contributed by atoms with Crippen LogP contribution in [-0.2, 0) is 0 Å². The first-order valence-corrected chi connectivity index (χ1v) is 7.12. The monoisotopic (exact) mass is 239 g/mol. The van der Waals surface area contributed by atoms with E-state index in [0.717, 1.165) is 12.2 Å². The number of aliphatic hydroxyl groups excluding tert-OH is 1. The predicted molar refractivity (Wildman–Crippen MR) is 71.9 cm³/mol. The van der Waals surface area contributed by atoms with Gasteiger partial charge in [0.2, 0.25) is 0 Å². The van der Waals surface area contributed by atoms with Crippen molar-refractivity contribution in [1.82, 2.24) is 5.32 Å². The van der Waals surface area contributed by atoms with Gasteiger partial charge in [-0.05, 0) is 18.2 Å². The Morgan fingerprint density at radius 1 is 1.31 bits per heavy atom. The number of nitrogens with one attached hydrogen (secondary N) is 1. The van der Waals surface area contributed by atoms with Gasteiger partial charge < -0.3 is 10.4 Å². The van der Waals surface area contributed by atoms with E-state index in [9.17, 15) is 5.11 Å². The molecule has 0 amide bonds. The summed E-state index contributed by atoms with van der Waals surface area (Å²) in [5, 5.41) is 12.7. The summed E-state index contributed by atoms with van der Waals surface area (Å²) < 4.78 is 0. The number of hydrogen-bond donors (Lipinski definition) is 2. The fraction of sp³-hybridized carbons (Fsp3) is 0.538. The van der Waals surface area contributed by atoms with Crippen LogP contribution in [0.4, 0.5) is 0 Å². The number of rotatable bonds is 7. The lowest BCUT2D eigenvalue weighted by molar-refractivity contribution is 0.230. The van der Waals surface area contributed by atoms with E-state index in [1.165, 1.54) is 5.56 Å². The molecule has 0 saturated heterocycles. The molecule has 0 aliphatic rings. The van der Waals surface area contributed by atoms with E-state index >= 15 is 0 Å². The summed E-state index contributed by atoms with van der Waals surface area (Å²) >= 11 is 1.82. The molecule has 0 spiro atoms. The minimum absolute atomic E-state index is 0.192. The van der Waals surface area contributed by atoms with Crippen LogP contribution in [0.2, 0.25) is 0 Å². The van der Waals surface area contributed by atoms with E-state index in [4.69, 9.17) is 0 Å². The molecule has 2 nitrogen and oxygen atoms in total. The summed E-state index contributed by atoms with van der Waals surface area (Å²) in [6.07, 6.45) is 3.06. The number of benzene rings is 1. The van der Waals surface area contributed by atoms with Crippen LogP contribution in [0, 0.1) is 0 Å². The molecule has 1 aromatic rings. The van der Waals surface area contributed by atoms with Gasteiger partial charge in [0, 0.05) is 17.8 Å². The molecular weight excluding hydrogens is 218 g/mol. The van der Waals surface area contributed by atoms with Crippen LogP contribution < -0.4 is 5.32 Å². The van der Waals surface area contributed by atoms with Crippen LogP contribution in [0.5, 0.6) is 0 Å². The van der Waals surface area contributed by atoms with Gasteiger partial charge in [0.15, 0.2) is 0 Å². The van der Waals surface area contributed by atoms with Crippen molar-refractivity contribution in [3.05, 3.63) is 35.9 Å². The molecule has 2 unspecified atom stereocenters. The summed E-state index contributed by atoms with van der Waals surface area (Å²) in [5.41, 5.74) is 1.30. The summed E-state index contributed by atoms with van der Waals surface area (Å²) in [6.45, 7) is 2.29. The molecular formula is C13H21NOS. The molecule has 0 aliphatic heterocycles. The Balaban J connectivity index is 2.67. The largest absolute Gasteiger partial charge is 0.395 e. The van der Waals surface area contributed by atoms with E-state index in [1.54, 1.807) is 0 Å². The van der Waals surface area contributed by atoms with Crippen molar-refractivity contribution >= 4 is 11.8 Å². The Kier molecular flexibility index (Phi) is 6.53. The molecule has 0 fully saturated rings.